The summed E-state index contributed by atoms with van der Waals surface area (Å²) in [7, 11) is -3.64. The van der Waals surface area contributed by atoms with Gasteiger partial charge in [-0.25, -0.2) is 13.6 Å². The number of hydrogen-bond acceptors (Lipinski definition) is 4. The van der Waals surface area contributed by atoms with Gasteiger partial charge in [-0.1, -0.05) is 12.1 Å². The summed E-state index contributed by atoms with van der Waals surface area (Å²) < 4.78 is 22.2. The summed E-state index contributed by atoms with van der Waals surface area (Å²) in [5, 5.41) is 11.0. The van der Waals surface area contributed by atoms with Crippen LogP contribution in [-0.2, 0) is 21.2 Å². The second-order valence-electron chi connectivity index (χ2n) is 4.88. The van der Waals surface area contributed by atoms with Crippen molar-refractivity contribution in [2.45, 2.75) is 30.2 Å². The van der Waals surface area contributed by atoms with Crippen LogP contribution in [0.5, 0.6) is 0 Å². The summed E-state index contributed by atoms with van der Waals surface area (Å²) in [6, 6.07) is 6.30. The molecule has 1 amide bonds. The minimum Gasteiger partial charge on any atom is -0.354 e. The molecule has 4 N–H and O–H groups in total. The van der Waals surface area contributed by atoms with E-state index in [4.69, 9.17) is 5.14 Å². The number of amides is 1. The molecule has 1 heterocycles. The first-order chi connectivity index (χ1) is 9.47. The van der Waals surface area contributed by atoms with Gasteiger partial charge in [0.05, 0.1) is 10.9 Å². The number of carbonyl (C=O) groups is 1. The number of hydrogen-bond donors (Lipinski definition) is 3. The maximum Gasteiger partial charge on any atom is 0.238 e. The molecule has 0 aromatic heterocycles. The lowest BCUT2D eigenvalue weighted by Gasteiger charge is -2.11. The number of sulfonamides is 1. The van der Waals surface area contributed by atoms with E-state index in [-0.39, 0.29) is 16.8 Å². The molecule has 6 nitrogen and oxygen atoms in total. The van der Waals surface area contributed by atoms with Crippen LogP contribution in [-0.4, -0.2) is 33.5 Å². The van der Waals surface area contributed by atoms with Crippen molar-refractivity contribution >= 4 is 15.9 Å². The molecule has 0 unspecified atom stereocenters. The Balaban J connectivity index is 1.81. The van der Waals surface area contributed by atoms with Crippen LogP contribution < -0.4 is 15.8 Å². The second-order valence-corrected chi connectivity index (χ2v) is 6.44. The normalized spacial score (nSPS) is 18.9. The first-order valence-electron chi connectivity index (χ1n) is 6.59. The molecule has 1 aliphatic rings. The van der Waals surface area contributed by atoms with Crippen LogP contribution in [0.1, 0.15) is 18.4 Å². The van der Waals surface area contributed by atoms with Crippen molar-refractivity contribution in [1.29, 1.82) is 0 Å². The lowest BCUT2D eigenvalue weighted by Crippen LogP contribution is -2.41. The standard InChI is InChI=1S/C13H19N3O3S/c14-20(18,19)11-5-3-10(4-6-11)7-9-16-13(17)12-2-1-8-15-12/h3-6,12,15H,1-2,7-9H2,(H,16,17)(H2,14,18,19)/t12-/m0/s1. The van der Waals surface area contributed by atoms with E-state index in [1.165, 1.54) is 12.1 Å². The Hall–Kier alpha value is -1.44. The first-order valence-corrected chi connectivity index (χ1v) is 8.14. The van der Waals surface area contributed by atoms with Gasteiger partial charge in [-0.2, -0.15) is 0 Å². The third-order valence-electron chi connectivity index (χ3n) is 3.34. The summed E-state index contributed by atoms with van der Waals surface area (Å²) in [5.74, 6) is 0.0312. The Morgan fingerprint density at radius 3 is 2.60 bits per heavy atom. The van der Waals surface area contributed by atoms with Crippen molar-refractivity contribution in [3.05, 3.63) is 29.8 Å². The summed E-state index contributed by atoms with van der Waals surface area (Å²) in [4.78, 5) is 11.8. The fraction of sp³-hybridized carbons (Fsp3) is 0.462. The summed E-state index contributed by atoms with van der Waals surface area (Å²) >= 11 is 0. The predicted molar refractivity (Wildman–Crippen MR) is 75.6 cm³/mol. The largest absolute Gasteiger partial charge is 0.354 e. The molecule has 0 saturated carbocycles. The summed E-state index contributed by atoms with van der Waals surface area (Å²) in [6.07, 6.45) is 2.57. The van der Waals surface area contributed by atoms with Crippen LogP contribution in [0.15, 0.2) is 29.2 Å². The average Bonchev–Trinajstić information content (AvgIpc) is 2.92. The van der Waals surface area contributed by atoms with E-state index in [1.807, 2.05) is 0 Å². The quantitative estimate of drug-likeness (QED) is 0.697. The Morgan fingerprint density at radius 2 is 2.05 bits per heavy atom. The number of benzene rings is 1. The SMILES string of the molecule is NS(=O)(=O)c1ccc(CCNC(=O)[C@@H]2CCCN2)cc1. The van der Waals surface area contributed by atoms with Crippen molar-refractivity contribution in [3.8, 4) is 0 Å². The zero-order chi connectivity index (χ0) is 14.6. The molecule has 1 atom stereocenters. The molecule has 0 aliphatic carbocycles. The monoisotopic (exact) mass is 297 g/mol. The molecule has 1 aromatic carbocycles. The highest BCUT2D eigenvalue weighted by Gasteiger charge is 2.21. The second kappa shape index (κ2) is 6.34. The van der Waals surface area contributed by atoms with Gasteiger partial charge in [-0.05, 0) is 43.5 Å². The number of carbonyl (C=O) groups excluding carboxylic acids is 1. The highest BCUT2D eigenvalue weighted by Crippen LogP contribution is 2.09. The van der Waals surface area contributed by atoms with Crippen LogP contribution >= 0.6 is 0 Å². The molecule has 7 heteroatoms. The fourth-order valence-electron chi connectivity index (χ4n) is 2.21. The van der Waals surface area contributed by atoms with Gasteiger partial charge in [0.15, 0.2) is 0 Å². The Kier molecular flexibility index (Phi) is 4.74. The molecule has 1 aliphatic heterocycles. The number of rotatable bonds is 5. The number of primary sulfonamides is 1. The fourth-order valence-corrected chi connectivity index (χ4v) is 2.72. The predicted octanol–water partition coefficient (Wildman–Crippen LogP) is -0.255. The lowest BCUT2D eigenvalue weighted by molar-refractivity contribution is -0.122. The van der Waals surface area contributed by atoms with Crippen LogP contribution in [0.3, 0.4) is 0 Å². The highest BCUT2D eigenvalue weighted by atomic mass is 32.2. The Morgan fingerprint density at radius 1 is 1.35 bits per heavy atom. The van der Waals surface area contributed by atoms with Gasteiger partial charge in [-0.15, -0.1) is 0 Å². The number of nitrogens with two attached hydrogens (primary N) is 1. The van der Waals surface area contributed by atoms with Gasteiger partial charge in [0, 0.05) is 6.54 Å². The molecule has 0 spiro atoms. The lowest BCUT2D eigenvalue weighted by atomic mass is 10.1. The summed E-state index contributed by atoms with van der Waals surface area (Å²) in [6.45, 7) is 1.43. The Bertz CT molecular complexity index is 563. The zero-order valence-corrected chi connectivity index (χ0v) is 11.9. The van der Waals surface area contributed by atoms with Gasteiger partial charge < -0.3 is 10.6 Å². The van der Waals surface area contributed by atoms with Crippen molar-refractivity contribution < 1.29 is 13.2 Å². The third-order valence-corrected chi connectivity index (χ3v) is 4.27. The van der Waals surface area contributed by atoms with Crippen molar-refractivity contribution in [3.63, 3.8) is 0 Å². The van der Waals surface area contributed by atoms with E-state index in [0.717, 1.165) is 24.9 Å². The molecule has 0 radical (unpaired) electrons. The van der Waals surface area contributed by atoms with Gasteiger partial charge in [-0.3, -0.25) is 4.79 Å². The first kappa shape index (κ1) is 15.0. The van der Waals surface area contributed by atoms with Gasteiger partial charge in [0.25, 0.3) is 0 Å². The zero-order valence-electron chi connectivity index (χ0n) is 11.1. The van der Waals surface area contributed by atoms with E-state index in [2.05, 4.69) is 10.6 Å². The van der Waals surface area contributed by atoms with Crippen LogP contribution in [0, 0.1) is 0 Å². The third kappa shape index (κ3) is 4.03. The van der Waals surface area contributed by atoms with Crippen LogP contribution in [0.2, 0.25) is 0 Å². The highest BCUT2D eigenvalue weighted by molar-refractivity contribution is 7.89. The van der Waals surface area contributed by atoms with E-state index in [0.29, 0.717) is 13.0 Å². The van der Waals surface area contributed by atoms with E-state index in [1.54, 1.807) is 12.1 Å². The molecule has 2 rings (SSSR count). The molecular weight excluding hydrogens is 278 g/mol. The van der Waals surface area contributed by atoms with E-state index < -0.39 is 10.0 Å². The Labute approximate surface area is 118 Å². The van der Waals surface area contributed by atoms with Gasteiger partial charge >= 0.3 is 0 Å². The smallest absolute Gasteiger partial charge is 0.238 e. The minimum atomic E-state index is -3.64. The molecule has 0 bridgehead atoms. The van der Waals surface area contributed by atoms with E-state index >= 15 is 0 Å². The molecule has 1 fully saturated rings. The molecule has 20 heavy (non-hydrogen) atoms. The topological polar surface area (TPSA) is 101 Å². The van der Waals surface area contributed by atoms with Crippen molar-refractivity contribution in [2.24, 2.45) is 5.14 Å². The van der Waals surface area contributed by atoms with Gasteiger partial charge in [0.1, 0.15) is 0 Å². The molecular formula is C13H19N3O3S. The molecule has 110 valence electrons. The minimum absolute atomic E-state index is 0.0312. The maximum absolute atomic E-state index is 11.8. The number of nitrogens with one attached hydrogen (secondary N) is 2. The molecule has 1 saturated heterocycles. The summed E-state index contributed by atoms with van der Waals surface area (Å²) in [5.41, 5.74) is 0.956. The van der Waals surface area contributed by atoms with Crippen molar-refractivity contribution in [1.82, 2.24) is 10.6 Å². The van der Waals surface area contributed by atoms with E-state index in [9.17, 15) is 13.2 Å². The van der Waals surface area contributed by atoms with Gasteiger partial charge in [0.2, 0.25) is 15.9 Å². The average molecular weight is 297 g/mol. The van der Waals surface area contributed by atoms with Crippen molar-refractivity contribution in [2.75, 3.05) is 13.1 Å². The van der Waals surface area contributed by atoms with Crippen LogP contribution in [0.25, 0.3) is 0 Å². The van der Waals surface area contributed by atoms with Crippen LogP contribution in [0.4, 0.5) is 0 Å². The molecule has 1 aromatic rings. The maximum atomic E-state index is 11.8.